The van der Waals surface area contributed by atoms with Gasteiger partial charge in [-0.05, 0) is 67.0 Å². The fourth-order valence-corrected chi connectivity index (χ4v) is 10.1. The fraction of sp³-hybridized carbons (Fsp3) is 0.462. The van der Waals surface area contributed by atoms with E-state index < -0.39 is 62.1 Å². The largest absolute Gasteiger partial charge is 0.494 e. The van der Waals surface area contributed by atoms with Crippen molar-refractivity contribution >= 4 is 89.8 Å². The zero-order valence-corrected chi connectivity index (χ0v) is 35.8. The fourth-order valence-electron chi connectivity index (χ4n) is 7.35. The number of rotatable bonds is 13. The molecule has 1 aliphatic heterocycles. The van der Waals surface area contributed by atoms with E-state index >= 15 is 0 Å². The minimum Gasteiger partial charge on any atom is -0.494 e. The number of nitrogens with one attached hydrogen (secondary N) is 3. The summed E-state index contributed by atoms with van der Waals surface area (Å²) in [6.07, 6.45) is 2.61. The van der Waals surface area contributed by atoms with Crippen LogP contribution in [0.3, 0.4) is 0 Å². The van der Waals surface area contributed by atoms with E-state index in [0.717, 1.165) is 0 Å². The summed E-state index contributed by atoms with van der Waals surface area (Å²) < 4.78 is 39.8. The molecule has 0 spiro atoms. The molecule has 3 N–H and O–H groups in total. The van der Waals surface area contributed by atoms with Gasteiger partial charge in [0.2, 0.25) is 27.7 Å². The maximum Gasteiger partial charge on any atom is 0.259 e. The molecule has 304 valence electrons. The second kappa shape index (κ2) is 15.7. The lowest BCUT2D eigenvalue weighted by molar-refractivity contribution is -0.141. The molecule has 0 unspecified atom stereocenters. The molecule has 0 radical (unpaired) electrons. The maximum absolute atomic E-state index is 14.9. The van der Waals surface area contributed by atoms with E-state index in [4.69, 9.17) is 49.3 Å². The quantitative estimate of drug-likeness (QED) is 0.126. The molecule has 2 aromatic carbocycles. The standard InChI is InChI=1S/C39H43Cl3N6O7S2/c1-6-20-16-39(20,36(51)47-57(52,53)24-9-10-24)46-33(49)30-15-23(55-34-27-13-21(40)7-11-25(27)31(54-5)17-43-34)18-48(30)35(50)32(38(2,3)4)45-37-44-29(19-56-37)26-12-8-22(41)14-28(26)42/h7-8,11-14,17,19-20,23-24,30,32H,6,9-10,15-16,18H2,1-5H3,(H,44,45)(H,46,49)(H,47,51)/t20-,23-,30+,32-,39-/m1/s1. The number of ether oxygens (including phenoxy) is 2. The van der Waals surface area contributed by atoms with Gasteiger partial charge in [-0.3, -0.25) is 19.1 Å². The number of aromatic nitrogens is 2. The molecular formula is C39H43Cl3N6O7S2. The maximum atomic E-state index is 14.9. The average Bonchev–Trinajstić information content (AvgIpc) is 4.04. The number of likely N-dealkylation sites (tertiary alicyclic amines) is 1. The highest BCUT2D eigenvalue weighted by Gasteiger charge is 2.62. The summed E-state index contributed by atoms with van der Waals surface area (Å²) >= 11 is 20.3. The number of carbonyl (C=O) groups is 3. The van der Waals surface area contributed by atoms with E-state index in [9.17, 15) is 22.8 Å². The van der Waals surface area contributed by atoms with Gasteiger partial charge >= 0.3 is 0 Å². The molecule has 3 aliphatic rings. The van der Waals surface area contributed by atoms with Crippen LogP contribution in [0.2, 0.25) is 15.1 Å². The molecule has 18 heteroatoms. The van der Waals surface area contributed by atoms with Crippen LogP contribution in [0.25, 0.3) is 22.0 Å². The molecule has 3 fully saturated rings. The van der Waals surface area contributed by atoms with Crippen molar-refractivity contribution in [1.82, 2.24) is 24.9 Å². The predicted octanol–water partition coefficient (Wildman–Crippen LogP) is 7.10. The van der Waals surface area contributed by atoms with Crippen LogP contribution in [-0.2, 0) is 24.4 Å². The van der Waals surface area contributed by atoms with E-state index in [1.165, 1.54) is 29.5 Å². The van der Waals surface area contributed by atoms with Gasteiger partial charge in [0, 0.05) is 38.2 Å². The molecule has 3 amide bonds. The molecule has 2 saturated carbocycles. The van der Waals surface area contributed by atoms with Gasteiger partial charge in [-0.1, -0.05) is 68.9 Å². The van der Waals surface area contributed by atoms with Crippen molar-refractivity contribution < 1.29 is 32.3 Å². The van der Waals surface area contributed by atoms with E-state index in [2.05, 4.69) is 20.3 Å². The Morgan fingerprint density at radius 2 is 1.79 bits per heavy atom. The molecule has 1 saturated heterocycles. The number of amides is 3. The summed E-state index contributed by atoms with van der Waals surface area (Å²) in [6.45, 7) is 7.58. The van der Waals surface area contributed by atoms with Crippen LogP contribution in [0, 0.1) is 11.3 Å². The van der Waals surface area contributed by atoms with E-state index in [0.29, 0.717) is 67.2 Å². The topological polar surface area (TPSA) is 169 Å². The third-order valence-electron chi connectivity index (χ3n) is 10.8. The summed E-state index contributed by atoms with van der Waals surface area (Å²) in [5.41, 5.74) is -0.853. The minimum atomic E-state index is -3.87. The van der Waals surface area contributed by atoms with Gasteiger partial charge in [0.15, 0.2) is 5.13 Å². The monoisotopic (exact) mass is 876 g/mol. The molecule has 4 aromatic rings. The van der Waals surface area contributed by atoms with Gasteiger partial charge in [-0.25, -0.2) is 18.4 Å². The first-order valence-corrected chi connectivity index (χ1v) is 22.1. The van der Waals surface area contributed by atoms with Gasteiger partial charge in [0.1, 0.15) is 29.5 Å². The number of hydrogen-bond donors (Lipinski definition) is 3. The van der Waals surface area contributed by atoms with Gasteiger partial charge in [-0.2, -0.15) is 0 Å². The number of halogens is 3. The Bertz CT molecular complexity index is 2350. The summed E-state index contributed by atoms with van der Waals surface area (Å²) in [6, 6.07) is 8.38. The Hall–Kier alpha value is -3.89. The number of carbonyl (C=O) groups excluding carboxylic acids is 3. The summed E-state index contributed by atoms with van der Waals surface area (Å²) in [5, 5.41) is 10.6. The molecule has 2 aromatic heterocycles. The number of thiazole rings is 1. The number of pyridine rings is 1. The summed E-state index contributed by atoms with van der Waals surface area (Å²) in [5.74, 6) is -1.30. The Balaban J connectivity index is 1.19. The van der Waals surface area contributed by atoms with Crippen molar-refractivity contribution in [3.05, 3.63) is 63.0 Å². The van der Waals surface area contributed by atoms with Crippen molar-refractivity contribution in [2.45, 2.75) is 88.8 Å². The molecule has 13 nitrogen and oxygen atoms in total. The Labute approximate surface area is 350 Å². The van der Waals surface area contributed by atoms with E-state index in [1.54, 1.807) is 36.4 Å². The highest BCUT2D eigenvalue weighted by molar-refractivity contribution is 7.91. The molecule has 57 heavy (non-hydrogen) atoms. The van der Waals surface area contributed by atoms with Gasteiger partial charge in [-0.15, -0.1) is 11.3 Å². The molecule has 2 aliphatic carbocycles. The van der Waals surface area contributed by atoms with Crippen LogP contribution >= 0.6 is 46.1 Å². The smallest absolute Gasteiger partial charge is 0.259 e. The first kappa shape index (κ1) is 41.3. The lowest BCUT2D eigenvalue weighted by atomic mass is 9.85. The van der Waals surface area contributed by atoms with Crippen molar-refractivity contribution in [3.8, 4) is 22.9 Å². The van der Waals surface area contributed by atoms with Crippen molar-refractivity contribution in [3.63, 3.8) is 0 Å². The number of fused-ring (bicyclic) bond motifs is 1. The van der Waals surface area contributed by atoms with Crippen LogP contribution in [0.1, 0.15) is 59.8 Å². The lowest BCUT2D eigenvalue weighted by Crippen LogP contribution is -2.58. The van der Waals surface area contributed by atoms with Crippen LogP contribution in [0.15, 0.2) is 48.0 Å². The Morgan fingerprint density at radius 1 is 1.07 bits per heavy atom. The second-order valence-electron chi connectivity index (χ2n) is 15.9. The molecule has 7 rings (SSSR count). The molecular weight excluding hydrogens is 835 g/mol. The molecule has 5 atom stereocenters. The lowest BCUT2D eigenvalue weighted by Gasteiger charge is -2.35. The molecule has 0 bridgehead atoms. The third kappa shape index (κ3) is 8.49. The van der Waals surface area contributed by atoms with Gasteiger partial charge in [0.25, 0.3) is 5.91 Å². The third-order valence-corrected chi connectivity index (χ3v) is 14.1. The first-order valence-electron chi connectivity index (χ1n) is 18.6. The summed E-state index contributed by atoms with van der Waals surface area (Å²) in [7, 11) is -2.34. The number of nitrogens with zero attached hydrogens (tertiary/aromatic N) is 3. The normalized spacial score (nSPS) is 22.5. The van der Waals surface area contributed by atoms with Crippen molar-refractivity contribution in [2.24, 2.45) is 11.3 Å². The van der Waals surface area contributed by atoms with E-state index in [1.807, 2.05) is 33.1 Å². The number of anilines is 1. The summed E-state index contributed by atoms with van der Waals surface area (Å²) in [4.78, 5) is 53.7. The van der Waals surface area contributed by atoms with Crippen LogP contribution in [0.4, 0.5) is 5.13 Å². The number of sulfonamides is 1. The highest BCUT2D eigenvalue weighted by Crippen LogP contribution is 2.47. The van der Waals surface area contributed by atoms with Crippen molar-refractivity contribution in [2.75, 3.05) is 19.0 Å². The second-order valence-corrected chi connectivity index (χ2v) is 20.0. The number of methoxy groups -OCH3 is 1. The number of hydrogen-bond acceptors (Lipinski definition) is 11. The zero-order valence-electron chi connectivity index (χ0n) is 31.9. The minimum absolute atomic E-state index is 0.00306. The van der Waals surface area contributed by atoms with E-state index in [-0.39, 0.29) is 31.2 Å². The number of benzene rings is 2. The van der Waals surface area contributed by atoms with Crippen LogP contribution < -0.4 is 24.8 Å². The highest BCUT2D eigenvalue weighted by atomic mass is 35.5. The van der Waals surface area contributed by atoms with Gasteiger partial charge in [0.05, 0.1) is 35.8 Å². The SMILES string of the molecule is CC[C@@H]1C[C@]1(NC(=O)[C@@H]1C[C@@H](Oc2ncc(OC)c3ccc(Cl)cc23)CN1C(=O)[C@@H](Nc1nc(-c2ccc(Cl)cc2Cl)cs1)C(C)(C)C)C(=O)NS(=O)(=O)C1CC1. The van der Waals surface area contributed by atoms with Crippen LogP contribution in [0.5, 0.6) is 11.6 Å². The Kier molecular flexibility index (Phi) is 11.4. The molecule has 3 heterocycles. The van der Waals surface area contributed by atoms with Crippen LogP contribution in [-0.4, -0.2) is 83.6 Å². The Morgan fingerprint density at radius 3 is 2.44 bits per heavy atom. The predicted molar refractivity (Wildman–Crippen MR) is 222 cm³/mol. The first-order chi connectivity index (χ1) is 26.9. The van der Waals surface area contributed by atoms with Crippen molar-refractivity contribution in [1.29, 1.82) is 0 Å². The van der Waals surface area contributed by atoms with Gasteiger partial charge < -0.3 is 25.0 Å². The zero-order chi connectivity index (χ0) is 41.0. The average molecular weight is 878 g/mol.